The Hall–Kier alpha value is -4.43. The summed E-state index contributed by atoms with van der Waals surface area (Å²) >= 11 is 6.37. The fraction of sp³-hybridized carbons (Fsp3) is 0.172. The average molecular weight is 533 g/mol. The van der Waals surface area contributed by atoms with Crippen LogP contribution < -0.4 is 19.1 Å². The van der Waals surface area contributed by atoms with Crippen LogP contribution in [0.25, 0.3) is 16.7 Å². The van der Waals surface area contributed by atoms with Crippen LogP contribution in [0.5, 0.6) is 17.2 Å². The van der Waals surface area contributed by atoms with E-state index in [0.29, 0.717) is 22.7 Å². The van der Waals surface area contributed by atoms with Crippen molar-refractivity contribution in [3.63, 3.8) is 0 Å². The van der Waals surface area contributed by atoms with Gasteiger partial charge in [-0.1, -0.05) is 35.9 Å². The largest absolute Gasteiger partial charge is 0.507 e. The summed E-state index contributed by atoms with van der Waals surface area (Å²) in [6.07, 6.45) is 1.86. The van der Waals surface area contributed by atoms with E-state index in [4.69, 9.17) is 25.8 Å². The van der Waals surface area contributed by atoms with Gasteiger partial charge in [0.05, 0.1) is 43.5 Å². The molecule has 1 unspecified atom stereocenters. The highest BCUT2D eigenvalue weighted by atomic mass is 35.5. The Bertz CT molecular complexity index is 1620. The van der Waals surface area contributed by atoms with E-state index in [9.17, 15) is 14.7 Å². The molecule has 1 saturated heterocycles. The number of ketones is 1. The van der Waals surface area contributed by atoms with Crippen LogP contribution in [0, 0.1) is 0 Å². The highest BCUT2D eigenvalue weighted by Gasteiger charge is 2.48. The van der Waals surface area contributed by atoms with Gasteiger partial charge in [-0.15, -0.1) is 0 Å². The normalized spacial score (nSPS) is 16.8. The Morgan fingerprint density at radius 2 is 1.66 bits per heavy atom. The third-order valence-corrected chi connectivity index (χ3v) is 7.02. The maximum absolute atomic E-state index is 13.6. The number of benzene rings is 3. The molecular formula is C29H25ClN2O6. The van der Waals surface area contributed by atoms with Gasteiger partial charge < -0.3 is 23.9 Å². The van der Waals surface area contributed by atoms with E-state index in [1.165, 1.54) is 38.4 Å². The Balaban J connectivity index is 1.82. The zero-order valence-corrected chi connectivity index (χ0v) is 21.9. The van der Waals surface area contributed by atoms with Crippen molar-refractivity contribution in [1.82, 2.24) is 4.57 Å². The molecule has 3 aromatic carbocycles. The van der Waals surface area contributed by atoms with Crippen LogP contribution in [-0.2, 0) is 16.6 Å². The Labute approximate surface area is 224 Å². The number of nitrogens with zero attached hydrogens (tertiary/aromatic N) is 2. The summed E-state index contributed by atoms with van der Waals surface area (Å²) in [7, 11) is 6.29. The minimum Gasteiger partial charge on any atom is -0.507 e. The number of halogens is 1. The summed E-state index contributed by atoms with van der Waals surface area (Å²) < 4.78 is 18.0. The molecule has 0 spiro atoms. The number of aliphatic hydroxyl groups excluding tert-OH is 1. The summed E-state index contributed by atoms with van der Waals surface area (Å²) in [5, 5.41) is 12.7. The first-order valence-electron chi connectivity index (χ1n) is 11.7. The smallest absolute Gasteiger partial charge is 0.300 e. The first-order chi connectivity index (χ1) is 18.3. The molecule has 1 amide bonds. The number of aryl methyl sites for hydroxylation is 1. The molecule has 194 valence electrons. The number of para-hydroxylation sites is 1. The van der Waals surface area contributed by atoms with E-state index in [2.05, 4.69) is 0 Å². The second-order valence-corrected chi connectivity index (χ2v) is 9.18. The molecule has 1 aromatic heterocycles. The van der Waals surface area contributed by atoms with E-state index >= 15 is 0 Å². The maximum Gasteiger partial charge on any atom is 0.300 e. The van der Waals surface area contributed by atoms with E-state index < -0.39 is 23.5 Å². The van der Waals surface area contributed by atoms with Crippen molar-refractivity contribution in [2.75, 3.05) is 26.2 Å². The van der Waals surface area contributed by atoms with Gasteiger partial charge in [0.15, 0.2) is 0 Å². The van der Waals surface area contributed by atoms with Gasteiger partial charge in [0.1, 0.15) is 23.0 Å². The second-order valence-electron chi connectivity index (χ2n) is 8.77. The first-order valence-corrected chi connectivity index (χ1v) is 12.1. The molecule has 38 heavy (non-hydrogen) atoms. The van der Waals surface area contributed by atoms with Crippen LogP contribution in [-0.4, -0.2) is 42.7 Å². The molecule has 1 aliphatic heterocycles. The maximum atomic E-state index is 13.6. The van der Waals surface area contributed by atoms with Gasteiger partial charge in [-0.3, -0.25) is 14.5 Å². The predicted octanol–water partition coefficient (Wildman–Crippen LogP) is 5.48. The van der Waals surface area contributed by atoms with Gasteiger partial charge in [0.25, 0.3) is 11.7 Å². The van der Waals surface area contributed by atoms with Gasteiger partial charge in [0, 0.05) is 47.5 Å². The number of methoxy groups -OCH3 is 3. The molecular weight excluding hydrogens is 508 g/mol. The number of amides is 1. The molecule has 1 fully saturated rings. The van der Waals surface area contributed by atoms with Crippen LogP contribution in [0.3, 0.4) is 0 Å². The quantitative estimate of drug-likeness (QED) is 0.201. The molecule has 0 radical (unpaired) electrons. The molecule has 4 aromatic rings. The number of carbonyl (C=O) groups is 2. The Kier molecular flexibility index (Phi) is 6.50. The Morgan fingerprint density at radius 1 is 0.921 bits per heavy atom. The number of hydrogen-bond donors (Lipinski definition) is 1. The summed E-state index contributed by atoms with van der Waals surface area (Å²) in [6.45, 7) is 0. The lowest BCUT2D eigenvalue weighted by Gasteiger charge is -2.25. The molecule has 0 bridgehead atoms. The minimum atomic E-state index is -0.946. The van der Waals surface area contributed by atoms with Gasteiger partial charge >= 0.3 is 0 Å². The lowest BCUT2D eigenvalue weighted by atomic mass is 9.94. The number of Topliss-reactive ketones (excluding diaryl/α,β-unsaturated/α-hetero) is 1. The number of aromatic nitrogens is 1. The van der Waals surface area contributed by atoms with Crippen molar-refractivity contribution >= 4 is 45.6 Å². The third kappa shape index (κ3) is 3.94. The van der Waals surface area contributed by atoms with Crippen molar-refractivity contribution in [2.24, 2.45) is 7.05 Å². The average Bonchev–Trinajstić information content (AvgIpc) is 3.41. The zero-order valence-electron chi connectivity index (χ0n) is 21.2. The highest BCUT2D eigenvalue weighted by molar-refractivity contribution is 6.52. The van der Waals surface area contributed by atoms with Crippen LogP contribution in [0.2, 0.25) is 5.02 Å². The molecule has 0 saturated carbocycles. The third-order valence-electron chi connectivity index (χ3n) is 6.73. The second kappa shape index (κ2) is 9.79. The molecule has 5 rings (SSSR count). The number of hydrogen-bond acceptors (Lipinski definition) is 6. The predicted molar refractivity (Wildman–Crippen MR) is 145 cm³/mol. The van der Waals surface area contributed by atoms with Crippen molar-refractivity contribution in [2.45, 2.75) is 6.04 Å². The highest BCUT2D eigenvalue weighted by Crippen LogP contribution is 2.46. The molecule has 2 heterocycles. The van der Waals surface area contributed by atoms with Crippen LogP contribution in [0.4, 0.5) is 5.69 Å². The summed E-state index contributed by atoms with van der Waals surface area (Å²) in [5.74, 6) is -0.943. The van der Waals surface area contributed by atoms with Crippen molar-refractivity contribution in [3.05, 3.63) is 88.6 Å². The van der Waals surface area contributed by atoms with Gasteiger partial charge in [-0.05, 0) is 24.3 Å². The molecule has 1 N–H and O–H groups in total. The van der Waals surface area contributed by atoms with Gasteiger partial charge in [-0.25, -0.2) is 0 Å². The van der Waals surface area contributed by atoms with E-state index in [-0.39, 0.29) is 21.9 Å². The topological polar surface area (TPSA) is 90.2 Å². The molecule has 9 heteroatoms. The molecule has 8 nitrogen and oxygen atoms in total. The van der Waals surface area contributed by atoms with Crippen LogP contribution in [0.1, 0.15) is 17.2 Å². The summed E-state index contributed by atoms with van der Waals surface area (Å²) in [5.41, 5.74) is 2.10. The van der Waals surface area contributed by atoms with Gasteiger partial charge in [0.2, 0.25) is 0 Å². The number of aliphatic hydroxyl groups is 1. The van der Waals surface area contributed by atoms with Gasteiger partial charge in [-0.2, -0.15) is 0 Å². The van der Waals surface area contributed by atoms with E-state index in [0.717, 1.165) is 10.9 Å². The zero-order chi connectivity index (χ0) is 27.1. The SMILES string of the molecule is COc1cccc(N2C(=O)C(=O)/C(=C(/O)c3cc(Cl)c(OC)cc3OC)C2c2cn(C)c3ccccc23)c1. The van der Waals surface area contributed by atoms with Crippen LogP contribution >= 0.6 is 11.6 Å². The number of rotatable bonds is 6. The monoisotopic (exact) mass is 532 g/mol. The lowest BCUT2D eigenvalue weighted by Crippen LogP contribution is -2.29. The van der Waals surface area contributed by atoms with E-state index in [1.807, 2.05) is 42.1 Å². The molecule has 0 aliphatic carbocycles. The number of fused-ring (bicyclic) bond motifs is 1. The van der Waals surface area contributed by atoms with Crippen LogP contribution in [0.15, 0.2) is 72.4 Å². The molecule has 1 aliphatic rings. The number of carbonyl (C=O) groups excluding carboxylic acids is 2. The fourth-order valence-electron chi connectivity index (χ4n) is 4.93. The summed E-state index contributed by atoms with van der Waals surface area (Å²) in [6, 6.07) is 16.6. The Morgan fingerprint density at radius 3 is 2.37 bits per heavy atom. The fourth-order valence-corrected chi connectivity index (χ4v) is 5.18. The minimum absolute atomic E-state index is 0.0892. The number of anilines is 1. The van der Waals surface area contributed by atoms with E-state index in [1.54, 1.807) is 24.3 Å². The van der Waals surface area contributed by atoms with Crippen molar-refractivity contribution < 1.29 is 28.9 Å². The van der Waals surface area contributed by atoms with Crippen molar-refractivity contribution in [1.29, 1.82) is 0 Å². The molecule has 1 atom stereocenters. The standard InChI is InChI=1S/C29H25ClN2O6/c1-31-15-20(18-10-5-6-11-22(18)31)26-25(27(33)19-13-21(30)24(38-4)14-23(19)37-3)28(34)29(35)32(26)16-8-7-9-17(12-16)36-2/h5-15,26,33H,1-4H3/b27-25+. The first kappa shape index (κ1) is 25.2. The lowest BCUT2D eigenvalue weighted by molar-refractivity contribution is -0.132. The number of ether oxygens (including phenoxy) is 3. The van der Waals surface area contributed by atoms with Crippen molar-refractivity contribution in [3.8, 4) is 17.2 Å². The summed E-state index contributed by atoms with van der Waals surface area (Å²) in [4.78, 5) is 28.6.